The number of fused-ring (bicyclic) bond motifs is 1. The molecule has 37 heavy (non-hydrogen) atoms. The number of nitrogens with zero attached hydrogens (tertiary/aromatic N) is 4. The quantitative estimate of drug-likeness (QED) is 0.371. The highest BCUT2D eigenvalue weighted by Gasteiger charge is 2.21. The molecule has 2 aromatic heterocycles. The third-order valence-electron chi connectivity index (χ3n) is 6.37. The van der Waals surface area contributed by atoms with Crippen molar-refractivity contribution in [1.82, 2.24) is 19.5 Å². The van der Waals surface area contributed by atoms with Gasteiger partial charge in [0.1, 0.15) is 23.5 Å². The first-order valence-corrected chi connectivity index (χ1v) is 11.9. The summed E-state index contributed by atoms with van der Waals surface area (Å²) in [6, 6.07) is 8.41. The molecule has 192 valence electrons. The fourth-order valence-electron chi connectivity index (χ4n) is 4.52. The van der Waals surface area contributed by atoms with Crippen LogP contribution in [-0.4, -0.2) is 51.8 Å². The van der Waals surface area contributed by atoms with Gasteiger partial charge in [0.2, 0.25) is 0 Å². The fraction of sp³-hybridized carbons (Fsp3) is 0.269. The summed E-state index contributed by atoms with van der Waals surface area (Å²) in [6.07, 6.45) is 1.39. The van der Waals surface area contributed by atoms with Crippen LogP contribution < -0.4 is 16.4 Å². The van der Waals surface area contributed by atoms with Crippen molar-refractivity contribution in [1.29, 1.82) is 0 Å². The lowest BCUT2D eigenvalue weighted by molar-refractivity contribution is 0.0334. The van der Waals surface area contributed by atoms with E-state index in [4.69, 9.17) is 10.5 Å². The van der Waals surface area contributed by atoms with Crippen LogP contribution in [0.25, 0.3) is 16.6 Å². The second kappa shape index (κ2) is 10.1. The van der Waals surface area contributed by atoms with Crippen LogP contribution in [0.5, 0.6) is 0 Å². The lowest BCUT2D eigenvalue weighted by Crippen LogP contribution is -2.36. The molecule has 2 amide bonds. The van der Waals surface area contributed by atoms with Gasteiger partial charge in [-0.3, -0.25) is 4.90 Å². The maximum atomic E-state index is 15.2. The normalized spacial score (nSPS) is 14.2. The number of morpholine rings is 1. The Morgan fingerprint density at radius 2 is 1.76 bits per heavy atom. The van der Waals surface area contributed by atoms with Crippen molar-refractivity contribution >= 4 is 28.7 Å². The van der Waals surface area contributed by atoms with Crippen molar-refractivity contribution in [2.45, 2.75) is 20.4 Å². The number of hydrogen-bond acceptors (Lipinski definition) is 6. The molecular formula is C26H27F2N7O2. The van der Waals surface area contributed by atoms with Crippen LogP contribution in [0.4, 0.5) is 30.8 Å². The van der Waals surface area contributed by atoms with Crippen molar-refractivity contribution in [3.05, 3.63) is 71.2 Å². The van der Waals surface area contributed by atoms with Gasteiger partial charge >= 0.3 is 6.03 Å². The van der Waals surface area contributed by atoms with Crippen LogP contribution in [-0.2, 0) is 11.3 Å². The number of carbonyl (C=O) groups excluding carboxylic acids is 1. The number of rotatable bonds is 5. The number of halogens is 2. The molecular weight excluding hydrogens is 480 g/mol. The molecule has 4 N–H and O–H groups in total. The molecule has 1 aliphatic rings. The van der Waals surface area contributed by atoms with E-state index in [1.807, 2.05) is 13.0 Å². The first-order valence-electron chi connectivity index (χ1n) is 11.9. The van der Waals surface area contributed by atoms with Gasteiger partial charge < -0.3 is 21.1 Å². The van der Waals surface area contributed by atoms with E-state index < -0.39 is 17.7 Å². The second-order valence-electron chi connectivity index (χ2n) is 9.05. The predicted octanol–water partition coefficient (Wildman–Crippen LogP) is 4.35. The van der Waals surface area contributed by atoms with E-state index in [2.05, 4.69) is 25.6 Å². The highest BCUT2D eigenvalue weighted by molar-refractivity contribution is 6.00. The molecule has 5 rings (SSSR count). The lowest BCUT2D eigenvalue weighted by Gasteiger charge is -2.26. The SMILES string of the molecule is Cc1ccc(F)c(NC(=O)Nc2cc(C)c(-c3cc(CN4CCOCC4)n4ncnc(N)c34)cc2F)c1. The number of nitrogen functional groups attached to an aromatic ring is 1. The number of urea groups is 1. The van der Waals surface area contributed by atoms with E-state index in [-0.39, 0.29) is 17.2 Å². The zero-order valence-corrected chi connectivity index (χ0v) is 20.5. The highest BCUT2D eigenvalue weighted by atomic mass is 19.1. The van der Waals surface area contributed by atoms with Crippen molar-refractivity contribution in [2.75, 3.05) is 42.7 Å². The molecule has 0 radical (unpaired) electrons. The minimum atomic E-state index is -0.754. The van der Waals surface area contributed by atoms with Gasteiger partial charge in [0.15, 0.2) is 5.82 Å². The molecule has 0 spiro atoms. The van der Waals surface area contributed by atoms with Crippen LogP contribution in [0.3, 0.4) is 0 Å². The third-order valence-corrected chi connectivity index (χ3v) is 6.37. The van der Waals surface area contributed by atoms with E-state index in [1.165, 1.54) is 30.6 Å². The number of amides is 2. The largest absolute Gasteiger partial charge is 0.382 e. The topological polar surface area (TPSA) is 110 Å². The Balaban J connectivity index is 1.45. The average Bonchev–Trinajstić information content (AvgIpc) is 3.23. The van der Waals surface area contributed by atoms with Gasteiger partial charge in [-0.25, -0.2) is 23.1 Å². The van der Waals surface area contributed by atoms with Gasteiger partial charge in [-0.1, -0.05) is 6.07 Å². The fourth-order valence-corrected chi connectivity index (χ4v) is 4.52. The second-order valence-corrected chi connectivity index (χ2v) is 9.05. The van der Waals surface area contributed by atoms with Gasteiger partial charge in [0, 0.05) is 25.2 Å². The van der Waals surface area contributed by atoms with Gasteiger partial charge in [0.05, 0.1) is 30.3 Å². The van der Waals surface area contributed by atoms with Gasteiger partial charge in [-0.2, -0.15) is 5.10 Å². The summed E-state index contributed by atoms with van der Waals surface area (Å²) in [5.41, 5.74) is 10.4. The van der Waals surface area contributed by atoms with E-state index >= 15 is 4.39 Å². The van der Waals surface area contributed by atoms with Gasteiger partial charge in [-0.15, -0.1) is 0 Å². The Labute approximate surface area is 212 Å². The molecule has 0 atom stereocenters. The molecule has 0 bridgehead atoms. The van der Waals surface area contributed by atoms with Crippen molar-refractivity contribution < 1.29 is 18.3 Å². The molecule has 2 aromatic carbocycles. The number of hydrogen-bond donors (Lipinski definition) is 3. The average molecular weight is 508 g/mol. The molecule has 9 nitrogen and oxygen atoms in total. The van der Waals surface area contributed by atoms with E-state index in [0.717, 1.165) is 24.3 Å². The Kier molecular flexibility index (Phi) is 6.72. The van der Waals surface area contributed by atoms with E-state index in [0.29, 0.717) is 42.0 Å². The maximum Gasteiger partial charge on any atom is 0.323 e. The Bertz CT molecular complexity index is 1480. The first kappa shape index (κ1) is 24.6. The number of ether oxygens (including phenoxy) is 1. The summed E-state index contributed by atoms with van der Waals surface area (Å²) in [7, 11) is 0. The minimum Gasteiger partial charge on any atom is -0.382 e. The lowest BCUT2D eigenvalue weighted by atomic mass is 10.00. The molecule has 0 unspecified atom stereocenters. The molecule has 0 aliphatic carbocycles. The molecule has 11 heteroatoms. The summed E-state index contributed by atoms with van der Waals surface area (Å²) in [5.74, 6) is -0.953. The number of benzene rings is 2. The van der Waals surface area contributed by atoms with Crippen molar-refractivity contribution in [2.24, 2.45) is 0 Å². The summed E-state index contributed by atoms with van der Waals surface area (Å²) < 4.78 is 36.4. The number of nitrogens with one attached hydrogen (secondary N) is 2. The van der Waals surface area contributed by atoms with E-state index in [1.54, 1.807) is 17.5 Å². The Hall–Kier alpha value is -4.09. The zero-order valence-electron chi connectivity index (χ0n) is 20.5. The van der Waals surface area contributed by atoms with Crippen molar-refractivity contribution in [3.8, 4) is 11.1 Å². The number of aromatic nitrogens is 3. The number of nitrogens with two attached hydrogens (primary N) is 1. The molecule has 1 aliphatic heterocycles. The van der Waals surface area contributed by atoms with Crippen LogP contribution in [0, 0.1) is 25.5 Å². The summed E-state index contributed by atoms with van der Waals surface area (Å²) in [4.78, 5) is 18.9. The van der Waals surface area contributed by atoms with Crippen molar-refractivity contribution in [3.63, 3.8) is 0 Å². The number of anilines is 3. The molecule has 3 heterocycles. The molecule has 4 aromatic rings. The zero-order chi connectivity index (χ0) is 26.1. The molecule has 1 saturated heterocycles. The number of carbonyl (C=O) groups is 1. The number of aryl methyl sites for hydroxylation is 2. The van der Waals surface area contributed by atoms with Crippen LogP contribution in [0.2, 0.25) is 0 Å². The monoisotopic (exact) mass is 507 g/mol. The van der Waals surface area contributed by atoms with Crippen LogP contribution >= 0.6 is 0 Å². The minimum absolute atomic E-state index is 0.00908. The maximum absolute atomic E-state index is 15.2. The predicted molar refractivity (Wildman–Crippen MR) is 137 cm³/mol. The third kappa shape index (κ3) is 5.09. The van der Waals surface area contributed by atoms with Crippen LogP contribution in [0.15, 0.2) is 42.7 Å². The summed E-state index contributed by atoms with van der Waals surface area (Å²) >= 11 is 0. The molecule has 0 saturated carbocycles. The van der Waals surface area contributed by atoms with Crippen LogP contribution in [0.1, 0.15) is 16.8 Å². The van der Waals surface area contributed by atoms with E-state index in [9.17, 15) is 9.18 Å². The smallest absolute Gasteiger partial charge is 0.323 e. The highest BCUT2D eigenvalue weighted by Crippen LogP contribution is 2.35. The standard InChI is InChI=1S/C26H27F2N7O2/c1-15-3-4-20(27)22(9-15)32-26(36)33-23-10-16(2)18(12-21(23)28)19-11-17(13-34-5-7-37-8-6-34)35-24(19)25(29)30-14-31-35/h3-4,9-12,14H,5-8,13H2,1-2H3,(H2,29,30,31)(H2,32,33,36). The Morgan fingerprint density at radius 1 is 1.03 bits per heavy atom. The molecule has 1 fully saturated rings. The summed E-state index contributed by atoms with van der Waals surface area (Å²) in [6.45, 7) is 7.13. The van der Waals surface area contributed by atoms with Gasteiger partial charge in [-0.05, 0) is 60.9 Å². The Morgan fingerprint density at radius 3 is 2.51 bits per heavy atom. The summed E-state index contributed by atoms with van der Waals surface area (Å²) in [5, 5.41) is 9.29. The van der Waals surface area contributed by atoms with Gasteiger partial charge in [0.25, 0.3) is 0 Å². The first-order chi connectivity index (χ1) is 17.8.